The summed E-state index contributed by atoms with van der Waals surface area (Å²) in [6.45, 7) is 1.95. The molecule has 0 bridgehead atoms. The Bertz CT molecular complexity index is 279. The van der Waals surface area contributed by atoms with Crippen molar-refractivity contribution in [1.82, 2.24) is 9.97 Å². The predicted molar refractivity (Wildman–Crippen MR) is 51.1 cm³/mol. The highest BCUT2D eigenvalue weighted by molar-refractivity contribution is 5.44. The lowest BCUT2D eigenvalue weighted by Gasteiger charge is -2.10. The molecule has 0 unspecified atom stereocenters. The second-order valence-electron chi connectivity index (χ2n) is 2.67. The fourth-order valence-corrected chi connectivity index (χ4v) is 0.842. The molecule has 0 aliphatic heterocycles. The Hall–Kier alpha value is -1.38. The molecule has 0 fully saturated rings. The van der Waals surface area contributed by atoms with Gasteiger partial charge in [0.2, 0.25) is 0 Å². The molecule has 64 valence electrons. The maximum Gasteiger partial charge on any atom is 0.153 e. The molecule has 3 nitrogen and oxygen atoms in total. The van der Waals surface area contributed by atoms with Gasteiger partial charge in [-0.25, -0.2) is 9.97 Å². The zero-order valence-corrected chi connectivity index (χ0v) is 7.65. The Morgan fingerprint density at radius 2 is 2.17 bits per heavy atom. The molecule has 1 heterocycles. The van der Waals surface area contributed by atoms with Crippen LogP contribution in [0.4, 0.5) is 5.82 Å². The summed E-state index contributed by atoms with van der Waals surface area (Å²) in [4.78, 5) is 10.3. The Morgan fingerprint density at radius 3 is 2.75 bits per heavy atom. The van der Waals surface area contributed by atoms with Gasteiger partial charge in [-0.15, -0.1) is 0 Å². The molecule has 0 aliphatic carbocycles. The van der Waals surface area contributed by atoms with Crippen molar-refractivity contribution in [3.63, 3.8) is 0 Å². The lowest BCUT2D eigenvalue weighted by Crippen LogP contribution is -2.11. The fraction of sp³-hybridized carbons (Fsp3) is 0.333. The summed E-state index contributed by atoms with van der Waals surface area (Å²) in [6.07, 6.45) is 5.57. The van der Waals surface area contributed by atoms with Crippen molar-refractivity contribution in [3.05, 3.63) is 24.2 Å². The SMILES string of the molecule is C/C=C/c1nccc(N(C)C)n1. The van der Waals surface area contributed by atoms with E-state index in [-0.39, 0.29) is 0 Å². The average Bonchev–Trinajstić information content (AvgIpc) is 2.05. The number of anilines is 1. The Kier molecular flexibility index (Phi) is 2.80. The highest BCUT2D eigenvalue weighted by Crippen LogP contribution is 2.05. The van der Waals surface area contributed by atoms with Crippen LogP contribution in [0, 0.1) is 0 Å². The van der Waals surface area contributed by atoms with Gasteiger partial charge in [0.25, 0.3) is 0 Å². The van der Waals surface area contributed by atoms with E-state index in [1.807, 2.05) is 44.1 Å². The third-order valence-corrected chi connectivity index (χ3v) is 1.43. The normalized spacial score (nSPS) is 10.6. The second kappa shape index (κ2) is 3.85. The Morgan fingerprint density at radius 1 is 1.42 bits per heavy atom. The molecule has 0 aliphatic rings. The second-order valence-corrected chi connectivity index (χ2v) is 2.67. The van der Waals surface area contributed by atoms with E-state index in [1.54, 1.807) is 6.20 Å². The summed E-state index contributed by atoms with van der Waals surface area (Å²) < 4.78 is 0. The van der Waals surface area contributed by atoms with E-state index >= 15 is 0 Å². The van der Waals surface area contributed by atoms with Crippen LogP contribution in [0.2, 0.25) is 0 Å². The van der Waals surface area contributed by atoms with Gasteiger partial charge in [-0.2, -0.15) is 0 Å². The minimum atomic E-state index is 0.753. The first kappa shape index (κ1) is 8.71. The molecule has 0 spiro atoms. The minimum Gasteiger partial charge on any atom is -0.363 e. The molecule has 0 radical (unpaired) electrons. The Balaban J connectivity index is 2.95. The maximum atomic E-state index is 4.29. The maximum absolute atomic E-state index is 4.29. The first-order valence-electron chi connectivity index (χ1n) is 3.87. The van der Waals surface area contributed by atoms with Gasteiger partial charge in [-0.1, -0.05) is 6.08 Å². The first-order valence-corrected chi connectivity index (χ1v) is 3.87. The van der Waals surface area contributed by atoms with Crippen LogP contribution in [0.3, 0.4) is 0 Å². The summed E-state index contributed by atoms with van der Waals surface area (Å²) in [6, 6.07) is 1.88. The van der Waals surface area contributed by atoms with E-state index in [0.717, 1.165) is 11.6 Å². The van der Waals surface area contributed by atoms with Crippen LogP contribution in [0.1, 0.15) is 12.7 Å². The highest BCUT2D eigenvalue weighted by atomic mass is 15.1. The van der Waals surface area contributed by atoms with Crippen molar-refractivity contribution in [2.24, 2.45) is 0 Å². The number of hydrogen-bond acceptors (Lipinski definition) is 3. The minimum absolute atomic E-state index is 0.753. The molecule has 0 saturated carbocycles. The van der Waals surface area contributed by atoms with Gasteiger partial charge >= 0.3 is 0 Å². The number of aromatic nitrogens is 2. The van der Waals surface area contributed by atoms with E-state index in [9.17, 15) is 0 Å². The van der Waals surface area contributed by atoms with Crippen LogP contribution >= 0.6 is 0 Å². The number of nitrogens with zero attached hydrogens (tertiary/aromatic N) is 3. The van der Waals surface area contributed by atoms with Gasteiger partial charge < -0.3 is 4.90 Å². The van der Waals surface area contributed by atoms with E-state index in [1.165, 1.54) is 0 Å². The van der Waals surface area contributed by atoms with Crippen molar-refractivity contribution in [2.45, 2.75) is 6.92 Å². The van der Waals surface area contributed by atoms with Crippen LogP contribution in [0.15, 0.2) is 18.3 Å². The standard InChI is InChI=1S/C9H13N3/c1-4-5-8-10-7-6-9(11-8)12(2)3/h4-7H,1-3H3/b5-4+. The van der Waals surface area contributed by atoms with Crippen molar-refractivity contribution in [1.29, 1.82) is 0 Å². The first-order chi connectivity index (χ1) is 5.74. The monoisotopic (exact) mass is 163 g/mol. The van der Waals surface area contributed by atoms with Gasteiger partial charge in [0, 0.05) is 20.3 Å². The van der Waals surface area contributed by atoms with Crippen molar-refractivity contribution in [2.75, 3.05) is 19.0 Å². The quantitative estimate of drug-likeness (QED) is 0.662. The Labute approximate surface area is 72.8 Å². The van der Waals surface area contributed by atoms with Crippen molar-refractivity contribution < 1.29 is 0 Å². The third kappa shape index (κ3) is 2.05. The molecule has 0 aromatic carbocycles. The molecule has 0 atom stereocenters. The summed E-state index contributed by atoms with van der Waals surface area (Å²) in [5, 5.41) is 0. The van der Waals surface area contributed by atoms with E-state index < -0.39 is 0 Å². The molecule has 1 rings (SSSR count). The van der Waals surface area contributed by atoms with Gasteiger partial charge in [-0.3, -0.25) is 0 Å². The van der Waals surface area contributed by atoms with Crippen molar-refractivity contribution in [3.8, 4) is 0 Å². The molecule has 3 heteroatoms. The highest BCUT2D eigenvalue weighted by Gasteiger charge is 1.96. The predicted octanol–water partition coefficient (Wildman–Crippen LogP) is 1.58. The fourth-order valence-electron chi connectivity index (χ4n) is 0.842. The van der Waals surface area contributed by atoms with Gasteiger partial charge in [0.05, 0.1) is 0 Å². The number of rotatable bonds is 2. The van der Waals surface area contributed by atoms with Gasteiger partial charge in [0.15, 0.2) is 5.82 Å². The topological polar surface area (TPSA) is 29.0 Å². The number of hydrogen-bond donors (Lipinski definition) is 0. The van der Waals surface area contributed by atoms with E-state index in [0.29, 0.717) is 0 Å². The molecule has 12 heavy (non-hydrogen) atoms. The van der Waals surface area contributed by atoms with Gasteiger partial charge in [-0.05, 0) is 19.1 Å². The smallest absolute Gasteiger partial charge is 0.153 e. The zero-order valence-electron chi connectivity index (χ0n) is 7.65. The summed E-state index contributed by atoms with van der Waals surface area (Å²) in [5.74, 6) is 1.68. The molecule has 1 aromatic heterocycles. The lowest BCUT2D eigenvalue weighted by molar-refractivity contribution is 1.02. The summed E-state index contributed by atoms with van der Waals surface area (Å²) >= 11 is 0. The summed E-state index contributed by atoms with van der Waals surface area (Å²) in [7, 11) is 3.92. The van der Waals surface area contributed by atoms with Crippen LogP contribution < -0.4 is 4.90 Å². The van der Waals surface area contributed by atoms with Crippen molar-refractivity contribution >= 4 is 11.9 Å². The molecular weight excluding hydrogens is 150 g/mol. The van der Waals surface area contributed by atoms with Crippen LogP contribution in [0.5, 0.6) is 0 Å². The zero-order chi connectivity index (χ0) is 8.97. The lowest BCUT2D eigenvalue weighted by atomic mass is 10.4. The van der Waals surface area contributed by atoms with E-state index in [2.05, 4.69) is 9.97 Å². The van der Waals surface area contributed by atoms with E-state index in [4.69, 9.17) is 0 Å². The summed E-state index contributed by atoms with van der Waals surface area (Å²) in [5.41, 5.74) is 0. The third-order valence-electron chi connectivity index (χ3n) is 1.43. The molecule has 0 amide bonds. The van der Waals surface area contributed by atoms with Crippen LogP contribution in [-0.2, 0) is 0 Å². The molecular formula is C9H13N3. The molecule has 1 aromatic rings. The van der Waals surface area contributed by atoms with Crippen LogP contribution in [0.25, 0.3) is 6.08 Å². The largest absolute Gasteiger partial charge is 0.363 e. The van der Waals surface area contributed by atoms with Gasteiger partial charge in [0.1, 0.15) is 5.82 Å². The van der Waals surface area contributed by atoms with Crippen LogP contribution in [-0.4, -0.2) is 24.1 Å². The molecule has 0 N–H and O–H groups in total. The molecule has 0 saturated heterocycles. The number of allylic oxidation sites excluding steroid dienone is 1. The average molecular weight is 163 g/mol.